The molecular formula is C14H21ClN2O2. The summed E-state index contributed by atoms with van der Waals surface area (Å²) in [6.45, 7) is 1.98. The Bertz CT molecular complexity index is 426. The van der Waals surface area contributed by atoms with Crippen molar-refractivity contribution in [2.45, 2.75) is 19.0 Å². The minimum atomic E-state index is -0.109. The highest BCUT2D eigenvalue weighted by atomic mass is 35.5. The molecule has 4 nitrogen and oxygen atoms in total. The van der Waals surface area contributed by atoms with Crippen LogP contribution in [0, 0.1) is 0 Å². The van der Waals surface area contributed by atoms with Crippen molar-refractivity contribution < 1.29 is 9.53 Å². The van der Waals surface area contributed by atoms with Crippen molar-refractivity contribution in [2.75, 3.05) is 27.3 Å². The second-order valence-electron chi connectivity index (χ2n) is 4.66. The summed E-state index contributed by atoms with van der Waals surface area (Å²) in [7, 11) is 3.47. The molecular weight excluding hydrogens is 264 g/mol. The summed E-state index contributed by atoms with van der Waals surface area (Å²) in [6.07, 6.45) is 0.770. The van der Waals surface area contributed by atoms with Gasteiger partial charge in [-0.15, -0.1) is 12.4 Å². The number of methoxy groups -OCH3 is 1. The molecule has 1 aliphatic rings. The highest BCUT2D eigenvalue weighted by molar-refractivity contribution is 5.85. The van der Waals surface area contributed by atoms with E-state index >= 15 is 0 Å². The van der Waals surface area contributed by atoms with Crippen molar-refractivity contribution in [3.8, 4) is 0 Å². The number of fused-ring (bicyclic) bond motifs is 1. The number of ether oxygens (including phenoxy) is 1. The third-order valence-electron chi connectivity index (χ3n) is 3.39. The van der Waals surface area contributed by atoms with E-state index in [9.17, 15) is 4.79 Å². The second kappa shape index (κ2) is 7.48. The number of nitrogens with one attached hydrogen (secondary N) is 1. The van der Waals surface area contributed by atoms with Crippen molar-refractivity contribution >= 4 is 18.3 Å². The Morgan fingerprint density at radius 1 is 1.42 bits per heavy atom. The summed E-state index contributed by atoms with van der Waals surface area (Å²) < 4.78 is 4.99. The van der Waals surface area contributed by atoms with Gasteiger partial charge in [-0.3, -0.25) is 4.79 Å². The van der Waals surface area contributed by atoms with E-state index in [0.717, 1.165) is 13.0 Å². The smallest absolute Gasteiger partial charge is 0.239 e. The van der Waals surface area contributed by atoms with Crippen molar-refractivity contribution in [3.63, 3.8) is 0 Å². The van der Waals surface area contributed by atoms with Crippen LogP contribution in [0.15, 0.2) is 24.3 Å². The van der Waals surface area contributed by atoms with Gasteiger partial charge in [0.05, 0.1) is 12.6 Å². The van der Waals surface area contributed by atoms with Gasteiger partial charge in [0, 0.05) is 27.2 Å². The SMILES string of the molecule is COCCN(C)C(=O)C1Cc2ccccc2CN1.Cl. The maximum Gasteiger partial charge on any atom is 0.239 e. The van der Waals surface area contributed by atoms with Crippen LogP contribution in [0.4, 0.5) is 0 Å². The molecule has 1 unspecified atom stereocenters. The summed E-state index contributed by atoms with van der Waals surface area (Å²) in [5.41, 5.74) is 2.57. The normalized spacial score (nSPS) is 17.3. The number of halogens is 1. The van der Waals surface area contributed by atoms with Crippen LogP contribution in [0.1, 0.15) is 11.1 Å². The molecule has 0 saturated heterocycles. The fourth-order valence-corrected chi connectivity index (χ4v) is 2.23. The molecule has 0 saturated carbocycles. The van der Waals surface area contributed by atoms with E-state index in [-0.39, 0.29) is 24.4 Å². The Morgan fingerprint density at radius 2 is 2.11 bits per heavy atom. The van der Waals surface area contributed by atoms with Crippen LogP contribution in [0.2, 0.25) is 0 Å². The molecule has 1 atom stereocenters. The number of amides is 1. The number of hydrogen-bond acceptors (Lipinski definition) is 3. The van der Waals surface area contributed by atoms with Gasteiger partial charge in [-0.1, -0.05) is 24.3 Å². The minimum Gasteiger partial charge on any atom is -0.383 e. The quantitative estimate of drug-likeness (QED) is 0.904. The molecule has 5 heteroatoms. The van der Waals surface area contributed by atoms with Gasteiger partial charge >= 0.3 is 0 Å². The van der Waals surface area contributed by atoms with Gasteiger partial charge in [-0.25, -0.2) is 0 Å². The molecule has 106 valence electrons. The number of hydrogen-bond donors (Lipinski definition) is 1. The lowest BCUT2D eigenvalue weighted by molar-refractivity contribution is -0.132. The molecule has 0 aliphatic carbocycles. The zero-order chi connectivity index (χ0) is 13.0. The Balaban J connectivity index is 0.00000180. The van der Waals surface area contributed by atoms with Gasteiger partial charge in [0.25, 0.3) is 0 Å². The topological polar surface area (TPSA) is 41.6 Å². The Morgan fingerprint density at radius 3 is 2.79 bits per heavy atom. The molecule has 1 aromatic rings. The lowest BCUT2D eigenvalue weighted by atomic mass is 9.95. The Hall–Kier alpha value is -1.10. The molecule has 0 aromatic heterocycles. The molecule has 0 radical (unpaired) electrons. The van der Waals surface area contributed by atoms with Gasteiger partial charge < -0.3 is 15.0 Å². The summed E-state index contributed by atoms with van der Waals surface area (Å²) in [6, 6.07) is 8.17. The van der Waals surface area contributed by atoms with Gasteiger partial charge in [-0.05, 0) is 17.5 Å². The highest BCUT2D eigenvalue weighted by Crippen LogP contribution is 2.17. The van der Waals surface area contributed by atoms with Crippen LogP contribution in [0.25, 0.3) is 0 Å². The summed E-state index contributed by atoms with van der Waals surface area (Å²) in [5, 5.41) is 3.30. The van der Waals surface area contributed by atoms with E-state index in [0.29, 0.717) is 13.2 Å². The number of rotatable bonds is 4. The fraction of sp³-hybridized carbons (Fsp3) is 0.500. The van der Waals surface area contributed by atoms with Gasteiger partial charge in [0.15, 0.2) is 0 Å². The molecule has 1 aromatic carbocycles. The minimum absolute atomic E-state index is 0. The van der Waals surface area contributed by atoms with Crippen LogP contribution in [-0.2, 0) is 22.5 Å². The van der Waals surface area contributed by atoms with Crippen molar-refractivity contribution in [1.82, 2.24) is 10.2 Å². The summed E-state index contributed by atoms with van der Waals surface area (Å²) in [4.78, 5) is 14.0. The first-order valence-electron chi connectivity index (χ1n) is 6.26. The molecule has 1 aliphatic heterocycles. The molecule has 19 heavy (non-hydrogen) atoms. The average molecular weight is 285 g/mol. The fourth-order valence-electron chi connectivity index (χ4n) is 2.23. The Kier molecular flexibility index (Phi) is 6.28. The van der Waals surface area contributed by atoms with E-state index in [1.165, 1.54) is 11.1 Å². The molecule has 2 rings (SSSR count). The maximum atomic E-state index is 12.2. The highest BCUT2D eigenvalue weighted by Gasteiger charge is 2.25. The third kappa shape index (κ3) is 3.93. The monoisotopic (exact) mass is 284 g/mol. The van der Waals surface area contributed by atoms with E-state index < -0.39 is 0 Å². The predicted molar refractivity (Wildman–Crippen MR) is 77.5 cm³/mol. The van der Waals surface area contributed by atoms with Gasteiger partial charge in [0.1, 0.15) is 0 Å². The van der Waals surface area contributed by atoms with Crippen LogP contribution >= 0.6 is 12.4 Å². The predicted octanol–water partition coefficient (Wildman–Crippen LogP) is 1.23. The molecule has 0 fully saturated rings. The van der Waals surface area contributed by atoms with Crippen molar-refractivity contribution in [2.24, 2.45) is 0 Å². The van der Waals surface area contributed by atoms with Crippen LogP contribution in [0.3, 0.4) is 0 Å². The first-order chi connectivity index (χ1) is 8.72. The van der Waals surface area contributed by atoms with E-state index in [4.69, 9.17) is 4.74 Å². The van der Waals surface area contributed by atoms with E-state index in [1.807, 2.05) is 19.2 Å². The standard InChI is InChI=1S/C14H20N2O2.ClH/c1-16(7-8-18-2)14(17)13-9-11-5-3-4-6-12(11)10-15-13;/h3-6,13,15H,7-10H2,1-2H3;1H. The van der Waals surface area contributed by atoms with Crippen LogP contribution in [-0.4, -0.2) is 44.2 Å². The first kappa shape index (κ1) is 16.0. The van der Waals surface area contributed by atoms with Crippen molar-refractivity contribution in [1.29, 1.82) is 0 Å². The lowest BCUT2D eigenvalue weighted by Crippen LogP contribution is -2.48. The average Bonchev–Trinajstić information content (AvgIpc) is 2.43. The van der Waals surface area contributed by atoms with Crippen LogP contribution in [0.5, 0.6) is 0 Å². The Labute approximate surface area is 120 Å². The number of carbonyl (C=O) groups excluding carboxylic acids is 1. The maximum absolute atomic E-state index is 12.2. The van der Waals surface area contributed by atoms with Crippen LogP contribution < -0.4 is 5.32 Å². The van der Waals surface area contributed by atoms with Crippen molar-refractivity contribution in [3.05, 3.63) is 35.4 Å². The number of carbonyl (C=O) groups is 1. The third-order valence-corrected chi connectivity index (χ3v) is 3.39. The van der Waals surface area contributed by atoms with Gasteiger partial charge in [0.2, 0.25) is 5.91 Å². The molecule has 0 spiro atoms. The molecule has 1 N–H and O–H groups in total. The summed E-state index contributed by atoms with van der Waals surface area (Å²) in [5.74, 6) is 0.140. The summed E-state index contributed by atoms with van der Waals surface area (Å²) >= 11 is 0. The molecule has 1 amide bonds. The zero-order valence-corrected chi connectivity index (χ0v) is 12.2. The largest absolute Gasteiger partial charge is 0.383 e. The second-order valence-corrected chi connectivity index (χ2v) is 4.66. The first-order valence-corrected chi connectivity index (χ1v) is 6.26. The van der Waals surface area contributed by atoms with E-state index in [2.05, 4.69) is 17.4 Å². The molecule has 0 bridgehead atoms. The lowest BCUT2D eigenvalue weighted by Gasteiger charge is -2.28. The zero-order valence-electron chi connectivity index (χ0n) is 11.4. The molecule has 1 heterocycles. The number of likely N-dealkylation sites (N-methyl/N-ethyl adjacent to an activating group) is 1. The number of nitrogens with zero attached hydrogens (tertiary/aromatic N) is 1. The number of benzene rings is 1. The van der Waals surface area contributed by atoms with Gasteiger partial charge in [-0.2, -0.15) is 0 Å². The van der Waals surface area contributed by atoms with E-state index in [1.54, 1.807) is 12.0 Å².